The zero-order valence-electron chi connectivity index (χ0n) is 18.1. The number of methoxy groups -OCH3 is 2. The predicted molar refractivity (Wildman–Crippen MR) is 122 cm³/mol. The van der Waals surface area contributed by atoms with Crippen molar-refractivity contribution in [2.75, 3.05) is 19.5 Å². The molecule has 0 bridgehead atoms. The molecular weight excluding hydrogens is 423 g/mol. The van der Waals surface area contributed by atoms with E-state index in [1.807, 2.05) is 6.07 Å². The third-order valence-electron chi connectivity index (χ3n) is 4.86. The molecule has 0 aliphatic carbocycles. The average molecular weight is 444 g/mol. The SMILES string of the molecule is COC(=O)c1ccc(NC(=O)/C(C#N)=C/c2ccc(OC)cc2Cc2cccc(F)c2)cc1. The lowest BCUT2D eigenvalue weighted by atomic mass is 9.97. The van der Waals surface area contributed by atoms with Gasteiger partial charge in [0.25, 0.3) is 5.91 Å². The van der Waals surface area contributed by atoms with Crippen molar-refractivity contribution in [1.82, 2.24) is 0 Å². The van der Waals surface area contributed by atoms with Crippen molar-refractivity contribution in [1.29, 1.82) is 5.26 Å². The summed E-state index contributed by atoms with van der Waals surface area (Å²) in [6.07, 6.45) is 1.86. The molecular formula is C26H21FN2O4. The molecule has 7 heteroatoms. The van der Waals surface area contributed by atoms with E-state index < -0.39 is 11.9 Å². The van der Waals surface area contributed by atoms with E-state index >= 15 is 0 Å². The molecule has 3 aromatic carbocycles. The first kappa shape index (κ1) is 23.2. The van der Waals surface area contributed by atoms with E-state index in [4.69, 9.17) is 4.74 Å². The molecule has 0 aliphatic rings. The van der Waals surface area contributed by atoms with Crippen molar-refractivity contribution in [2.45, 2.75) is 6.42 Å². The minimum Gasteiger partial charge on any atom is -0.497 e. The van der Waals surface area contributed by atoms with Crippen LogP contribution < -0.4 is 10.1 Å². The molecule has 3 rings (SSSR count). The number of anilines is 1. The molecule has 0 atom stereocenters. The number of esters is 1. The van der Waals surface area contributed by atoms with Gasteiger partial charge in [-0.25, -0.2) is 9.18 Å². The van der Waals surface area contributed by atoms with Gasteiger partial charge < -0.3 is 14.8 Å². The van der Waals surface area contributed by atoms with Gasteiger partial charge >= 0.3 is 5.97 Å². The standard InChI is InChI=1S/C26H21FN2O4/c1-32-24-11-8-19(20(15-24)12-17-4-3-5-22(27)13-17)14-21(16-28)25(30)29-23-9-6-18(7-10-23)26(31)33-2/h3-11,13-15H,12H2,1-2H3,(H,29,30)/b21-14+. The van der Waals surface area contributed by atoms with E-state index in [0.717, 1.165) is 11.1 Å². The second-order valence-electron chi connectivity index (χ2n) is 7.06. The van der Waals surface area contributed by atoms with Crippen LogP contribution in [0, 0.1) is 17.1 Å². The number of nitrogens with zero attached hydrogens (tertiary/aromatic N) is 1. The lowest BCUT2D eigenvalue weighted by Gasteiger charge is -2.10. The number of nitrogens with one attached hydrogen (secondary N) is 1. The monoisotopic (exact) mass is 444 g/mol. The highest BCUT2D eigenvalue weighted by molar-refractivity contribution is 6.09. The first-order chi connectivity index (χ1) is 15.9. The van der Waals surface area contributed by atoms with Gasteiger partial charge in [-0.05, 0) is 77.7 Å². The molecule has 0 aromatic heterocycles. The number of rotatable bonds is 7. The van der Waals surface area contributed by atoms with Crippen LogP contribution in [0.1, 0.15) is 27.0 Å². The van der Waals surface area contributed by atoms with Crippen LogP contribution in [0.3, 0.4) is 0 Å². The predicted octanol–water partition coefficient (Wildman–Crippen LogP) is 4.76. The molecule has 0 saturated carbocycles. The number of carbonyl (C=O) groups is 2. The summed E-state index contributed by atoms with van der Waals surface area (Å²) in [6.45, 7) is 0. The van der Waals surface area contributed by atoms with E-state index in [1.165, 1.54) is 44.6 Å². The number of nitriles is 1. The van der Waals surface area contributed by atoms with E-state index in [9.17, 15) is 19.2 Å². The smallest absolute Gasteiger partial charge is 0.337 e. The number of carbonyl (C=O) groups excluding carboxylic acids is 2. The van der Waals surface area contributed by atoms with E-state index in [1.54, 1.807) is 42.5 Å². The summed E-state index contributed by atoms with van der Waals surface area (Å²) in [5.41, 5.74) is 2.79. The second kappa shape index (κ2) is 10.7. The summed E-state index contributed by atoms with van der Waals surface area (Å²) in [7, 11) is 2.82. The lowest BCUT2D eigenvalue weighted by Crippen LogP contribution is -2.13. The summed E-state index contributed by atoms with van der Waals surface area (Å²) < 4.78 is 23.6. The Kier molecular flexibility index (Phi) is 7.55. The highest BCUT2D eigenvalue weighted by Crippen LogP contribution is 2.24. The Hall–Kier alpha value is -4.44. The van der Waals surface area contributed by atoms with E-state index in [-0.39, 0.29) is 11.4 Å². The molecule has 0 spiro atoms. The van der Waals surface area contributed by atoms with Crippen molar-refractivity contribution in [2.24, 2.45) is 0 Å². The zero-order chi connectivity index (χ0) is 23.8. The minimum atomic E-state index is -0.601. The van der Waals surface area contributed by atoms with Crippen LogP contribution in [0.15, 0.2) is 72.3 Å². The Bertz CT molecular complexity index is 1240. The zero-order valence-corrected chi connectivity index (χ0v) is 18.1. The summed E-state index contributed by atoms with van der Waals surface area (Å²) in [5, 5.41) is 12.2. The van der Waals surface area contributed by atoms with Gasteiger partial charge in [-0.3, -0.25) is 4.79 Å². The molecule has 0 radical (unpaired) electrons. The Morgan fingerprint density at radius 2 is 1.82 bits per heavy atom. The topological polar surface area (TPSA) is 88.4 Å². The lowest BCUT2D eigenvalue weighted by molar-refractivity contribution is -0.112. The second-order valence-corrected chi connectivity index (χ2v) is 7.06. The summed E-state index contributed by atoms with van der Waals surface area (Å²) >= 11 is 0. The Labute approximate surface area is 190 Å². The van der Waals surface area contributed by atoms with Crippen LogP contribution in [0.4, 0.5) is 10.1 Å². The fourth-order valence-electron chi connectivity index (χ4n) is 3.18. The Morgan fingerprint density at radius 3 is 2.45 bits per heavy atom. The van der Waals surface area contributed by atoms with Crippen molar-refractivity contribution in [3.05, 3.63) is 100 Å². The van der Waals surface area contributed by atoms with Crippen LogP contribution >= 0.6 is 0 Å². The summed E-state index contributed by atoms with van der Waals surface area (Å²) in [5.74, 6) is -0.832. The first-order valence-corrected chi connectivity index (χ1v) is 9.96. The van der Waals surface area contributed by atoms with Crippen molar-refractivity contribution < 1.29 is 23.5 Å². The van der Waals surface area contributed by atoms with Gasteiger partial charge in [0.1, 0.15) is 23.2 Å². The van der Waals surface area contributed by atoms with Gasteiger partial charge in [0.15, 0.2) is 0 Å². The average Bonchev–Trinajstić information content (AvgIpc) is 2.83. The third kappa shape index (κ3) is 6.05. The van der Waals surface area contributed by atoms with Crippen molar-refractivity contribution >= 4 is 23.6 Å². The fourth-order valence-corrected chi connectivity index (χ4v) is 3.18. The number of ether oxygens (including phenoxy) is 2. The molecule has 3 aromatic rings. The van der Waals surface area contributed by atoms with Crippen LogP contribution in [-0.2, 0) is 16.0 Å². The van der Waals surface area contributed by atoms with Gasteiger partial charge in [0.05, 0.1) is 19.8 Å². The van der Waals surface area contributed by atoms with Gasteiger partial charge in [0.2, 0.25) is 0 Å². The molecule has 6 nitrogen and oxygen atoms in total. The Balaban J connectivity index is 1.87. The maximum atomic E-state index is 13.6. The van der Waals surface area contributed by atoms with Crippen LogP contribution in [-0.4, -0.2) is 26.1 Å². The van der Waals surface area contributed by atoms with Gasteiger partial charge in [0, 0.05) is 5.69 Å². The molecule has 0 fully saturated rings. The molecule has 0 unspecified atom stereocenters. The van der Waals surface area contributed by atoms with Crippen molar-refractivity contribution in [3.8, 4) is 11.8 Å². The maximum absolute atomic E-state index is 13.6. The van der Waals surface area contributed by atoms with Gasteiger partial charge in [-0.15, -0.1) is 0 Å². The third-order valence-corrected chi connectivity index (χ3v) is 4.86. The summed E-state index contributed by atoms with van der Waals surface area (Å²) in [6, 6.07) is 19.5. The number of hydrogen-bond acceptors (Lipinski definition) is 5. The highest BCUT2D eigenvalue weighted by Gasteiger charge is 2.13. The van der Waals surface area contributed by atoms with Gasteiger partial charge in [-0.2, -0.15) is 5.26 Å². The van der Waals surface area contributed by atoms with E-state index in [0.29, 0.717) is 29.0 Å². The minimum absolute atomic E-state index is 0.113. The summed E-state index contributed by atoms with van der Waals surface area (Å²) in [4.78, 5) is 24.2. The normalized spacial score (nSPS) is 10.8. The van der Waals surface area contributed by atoms with E-state index in [2.05, 4.69) is 10.1 Å². The molecule has 166 valence electrons. The van der Waals surface area contributed by atoms with Crippen LogP contribution in [0.2, 0.25) is 0 Å². The molecule has 0 heterocycles. The molecule has 1 amide bonds. The molecule has 0 saturated heterocycles. The highest BCUT2D eigenvalue weighted by atomic mass is 19.1. The number of hydrogen-bond donors (Lipinski definition) is 1. The Morgan fingerprint density at radius 1 is 1.06 bits per heavy atom. The van der Waals surface area contributed by atoms with Crippen LogP contribution in [0.5, 0.6) is 5.75 Å². The van der Waals surface area contributed by atoms with Crippen LogP contribution in [0.25, 0.3) is 6.08 Å². The van der Waals surface area contributed by atoms with Gasteiger partial charge in [-0.1, -0.05) is 18.2 Å². The quantitative estimate of drug-likeness (QED) is 0.323. The molecule has 1 N–H and O–H groups in total. The molecule has 33 heavy (non-hydrogen) atoms. The first-order valence-electron chi connectivity index (χ1n) is 9.96. The van der Waals surface area contributed by atoms with Crippen molar-refractivity contribution in [3.63, 3.8) is 0 Å². The number of amides is 1. The largest absolute Gasteiger partial charge is 0.497 e. The maximum Gasteiger partial charge on any atom is 0.337 e. The fraction of sp³-hybridized carbons (Fsp3) is 0.115. The number of benzene rings is 3. The molecule has 0 aliphatic heterocycles. The number of halogens is 1.